The van der Waals surface area contributed by atoms with Gasteiger partial charge in [-0.3, -0.25) is 4.79 Å². The smallest absolute Gasteiger partial charge is 0.336 e. The van der Waals surface area contributed by atoms with Crippen molar-refractivity contribution in [3.05, 3.63) is 47.2 Å². The van der Waals surface area contributed by atoms with E-state index in [-0.39, 0.29) is 24.2 Å². The molecular formula is C15H17NO3. The second-order valence-electron chi connectivity index (χ2n) is 4.47. The van der Waals surface area contributed by atoms with Crippen LogP contribution in [0.1, 0.15) is 31.7 Å². The van der Waals surface area contributed by atoms with E-state index in [0.717, 1.165) is 5.56 Å². The molecule has 0 spiro atoms. The second kappa shape index (κ2) is 5.69. The Morgan fingerprint density at radius 1 is 1.37 bits per heavy atom. The van der Waals surface area contributed by atoms with Gasteiger partial charge in [0, 0.05) is 18.0 Å². The lowest BCUT2D eigenvalue weighted by Gasteiger charge is -2.26. The van der Waals surface area contributed by atoms with Crippen molar-refractivity contribution in [3.63, 3.8) is 0 Å². The van der Waals surface area contributed by atoms with Crippen LogP contribution in [0.25, 0.3) is 0 Å². The Bertz CT molecular complexity index is 519. The van der Waals surface area contributed by atoms with Crippen LogP contribution < -0.4 is 5.32 Å². The molecule has 0 saturated carbocycles. The molecule has 1 aliphatic heterocycles. The number of ether oxygens (including phenoxy) is 1. The van der Waals surface area contributed by atoms with Gasteiger partial charge in [-0.2, -0.15) is 0 Å². The van der Waals surface area contributed by atoms with E-state index >= 15 is 0 Å². The molecule has 1 aromatic carbocycles. The molecular weight excluding hydrogens is 242 g/mol. The molecule has 0 unspecified atom stereocenters. The van der Waals surface area contributed by atoms with Gasteiger partial charge in [0.05, 0.1) is 12.2 Å². The maximum absolute atomic E-state index is 12.1. The van der Waals surface area contributed by atoms with Gasteiger partial charge in [-0.25, -0.2) is 4.79 Å². The third-order valence-electron chi connectivity index (χ3n) is 3.17. The van der Waals surface area contributed by atoms with E-state index in [9.17, 15) is 9.59 Å². The van der Waals surface area contributed by atoms with Crippen LogP contribution in [0.15, 0.2) is 41.6 Å². The van der Waals surface area contributed by atoms with Crippen LogP contribution in [0.5, 0.6) is 0 Å². The predicted octanol–water partition coefficient (Wildman–Crippen LogP) is 2.13. The predicted molar refractivity (Wildman–Crippen MR) is 71.3 cm³/mol. The Morgan fingerprint density at radius 3 is 2.68 bits per heavy atom. The molecule has 1 aromatic rings. The molecule has 4 nitrogen and oxygen atoms in total. The summed E-state index contributed by atoms with van der Waals surface area (Å²) in [5.41, 5.74) is 2.09. The quantitative estimate of drug-likeness (QED) is 0.846. The van der Waals surface area contributed by atoms with Crippen molar-refractivity contribution >= 4 is 11.9 Å². The fraction of sp³-hybridized carbons (Fsp3) is 0.333. The molecule has 1 atom stereocenters. The van der Waals surface area contributed by atoms with E-state index in [0.29, 0.717) is 17.9 Å². The van der Waals surface area contributed by atoms with Gasteiger partial charge in [-0.05, 0) is 19.4 Å². The summed E-state index contributed by atoms with van der Waals surface area (Å²) in [5, 5.41) is 2.71. The summed E-state index contributed by atoms with van der Waals surface area (Å²) in [4.78, 5) is 23.8. The lowest BCUT2D eigenvalue weighted by atomic mass is 9.84. The van der Waals surface area contributed by atoms with Crippen LogP contribution in [0.3, 0.4) is 0 Å². The zero-order valence-electron chi connectivity index (χ0n) is 11.1. The molecule has 0 aliphatic carbocycles. The van der Waals surface area contributed by atoms with Crippen molar-refractivity contribution in [1.29, 1.82) is 0 Å². The van der Waals surface area contributed by atoms with Crippen molar-refractivity contribution in [1.82, 2.24) is 5.32 Å². The molecule has 1 N–H and O–H groups in total. The van der Waals surface area contributed by atoms with Crippen molar-refractivity contribution in [3.8, 4) is 0 Å². The van der Waals surface area contributed by atoms with Gasteiger partial charge >= 0.3 is 5.97 Å². The van der Waals surface area contributed by atoms with E-state index < -0.39 is 0 Å². The van der Waals surface area contributed by atoms with Crippen molar-refractivity contribution in [2.24, 2.45) is 0 Å². The summed E-state index contributed by atoms with van der Waals surface area (Å²) in [6.07, 6.45) is 0.273. The molecule has 0 aromatic heterocycles. The van der Waals surface area contributed by atoms with Crippen molar-refractivity contribution in [2.45, 2.75) is 26.2 Å². The van der Waals surface area contributed by atoms with Crippen LogP contribution in [-0.4, -0.2) is 18.5 Å². The van der Waals surface area contributed by atoms with Crippen LogP contribution in [0.4, 0.5) is 0 Å². The van der Waals surface area contributed by atoms with E-state index in [4.69, 9.17) is 4.74 Å². The summed E-state index contributed by atoms with van der Waals surface area (Å²) < 4.78 is 5.09. The highest BCUT2D eigenvalue weighted by atomic mass is 16.5. The molecule has 2 rings (SSSR count). The summed E-state index contributed by atoms with van der Waals surface area (Å²) in [5.74, 6) is -0.651. The number of hydrogen-bond acceptors (Lipinski definition) is 3. The molecule has 0 saturated heterocycles. The van der Waals surface area contributed by atoms with Gasteiger partial charge in [0.2, 0.25) is 5.91 Å². The van der Waals surface area contributed by atoms with E-state index in [1.807, 2.05) is 30.3 Å². The van der Waals surface area contributed by atoms with Gasteiger partial charge in [-0.1, -0.05) is 30.3 Å². The van der Waals surface area contributed by atoms with Gasteiger partial charge in [0.15, 0.2) is 0 Å². The number of hydrogen-bond donors (Lipinski definition) is 1. The largest absolute Gasteiger partial charge is 0.463 e. The fourth-order valence-electron chi connectivity index (χ4n) is 2.35. The second-order valence-corrected chi connectivity index (χ2v) is 4.47. The Balaban J connectivity index is 2.41. The normalized spacial score (nSPS) is 19.1. The topological polar surface area (TPSA) is 55.4 Å². The van der Waals surface area contributed by atoms with Gasteiger partial charge in [-0.15, -0.1) is 0 Å². The number of rotatable bonds is 3. The van der Waals surface area contributed by atoms with Crippen LogP contribution in [-0.2, 0) is 14.3 Å². The van der Waals surface area contributed by atoms with E-state index in [2.05, 4.69) is 5.32 Å². The van der Waals surface area contributed by atoms with Gasteiger partial charge in [0.1, 0.15) is 0 Å². The third kappa shape index (κ3) is 2.84. The van der Waals surface area contributed by atoms with E-state index in [1.54, 1.807) is 13.8 Å². The minimum Gasteiger partial charge on any atom is -0.463 e. The van der Waals surface area contributed by atoms with Gasteiger partial charge in [0.25, 0.3) is 0 Å². The maximum Gasteiger partial charge on any atom is 0.336 e. The molecule has 4 heteroatoms. The first-order valence-corrected chi connectivity index (χ1v) is 6.36. The monoisotopic (exact) mass is 259 g/mol. The van der Waals surface area contributed by atoms with Gasteiger partial charge < -0.3 is 10.1 Å². The molecule has 0 fully saturated rings. The average Bonchev–Trinajstić information content (AvgIpc) is 2.39. The van der Waals surface area contributed by atoms with Crippen LogP contribution in [0, 0.1) is 0 Å². The average molecular weight is 259 g/mol. The summed E-state index contributed by atoms with van der Waals surface area (Å²) in [6, 6.07) is 9.57. The lowest BCUT2D eigenvalue weighted by Crippen LogP contribution is -2.34. The molecule has 0 bridgehead atoms. The summed E-state index contributed by atoms with van der Waals surface area (Å²) in [6.45, 7) is 3.83. The highest BCUT2D eigenvalue weighted by molar-refractivity contribution is 5.95. The first-order chi connectivity index (χ1) is 9.13. The first-order valence-electron chi connectivity index (χ1n) is 6.36. The third-order valence-corrected chi connectivity index (χ3v) is 3.17. The Kier molecular flexibility index (Phi) is 4.00. The Morgan fingerprint density at radius 2 is 2.05 bits per heavy atom. The summed E-state index contributed by atoms with van der Waals surface area (Å²) in [7, 11) is 0. The number of benzene rings is 1. The van der Waals surface area contributed by atoms with Crippen molar-refractivity contribution < 1.29 is 14.3 Å². The number of esters is 1. The number of allylic oxidation sites excluding steroid dienone is 1. The number of amides is 1. The van der Waals surface area contributed by atoms with Crippen molar-refractivity contribution in [2.75, 3.05) is 6.61 Å². The highest BCUT2D eigenvalue weighted by Crippen LogP contribution is 2.33. The molecule has 1 aliphatic rings. The van der Waals surface area contributed by atoms with E-state index in [1.165, 1.54) is 0 Å². The zero-order valence-corrected chi connectivity index (χ0v) is 11.1. The lowest BCUT2D eigenvalue weighted by molar-refractivity contribution is -0.139. The fourth-order valence-corrected chi connectivity index (χ4v) is 2.35. The Labute approximate surface area is 112 Å². The molecule has 100 valence electrons. The number of nitrogens with one attached hydrogen (secondary N) is 1. The first kappa shape index (κ1) is 13.3. The minimum absolute atomic E-state index is 0.0700. The molecule has 0 radical (unpaired) electrons. The number of carbonyl (C=O) groups is 2. The zero-order chi connectivity index (χ0) is 13.8. The summed E-state index contributed by atoms with van der Waals surface area (Å²) >= 11 is 0. The standard InChI is InChI=1S/C15H17NO3/c1-3-19-15(18)14-10(2)16-13(17)9-12(14)11-7-5-4-6-8-11/h4-8,12H,3,9H2,1-2H3,(H,16,17)/t12-/m0/s1. The highest BCUT2D eigenvalue weighted by Gasteiger charge is 2.32. The molecule has 1 heterocycles. The van der Waals surface area contributed by atoms with Crippen LogP contribution in [0.2, 0.25) is 0 Å². The SMILES string of the molecule is CCOC(=O)C1=C(C)NC(=O)C[C@H]1c1ccccc1. The minimum atomic E-state index is -0.353. The maximum atomic E-state index is 12.1. The molecule has 1 amide bonds. The molecule has 19 heavy (non-hydrogen) atoms. The van der Waals surface area contributed by atoms with Crippen LogP contribution >= 0.6 is 0 Å². The Hall–Kier alpha value is -2.10. The number of carbonyl (C=O) groups excluding carboxylic acids is 2.